The molecule has 0 aliphatic rings. The van der Waals surface area contributed by atoms with Gasteiger partial charge in [0.15, 0.2) is 0 Å². The van der Waals surface area contributed by atoms with Gasteiger partial charge in [0.2, 0.25) is 0 Å². The van der Waals surface area contributed by atoms with Crippen molar-refractivity contribution in [3.05, 3.63) is 83.7 Å². The van der Waals surface area contributed by atoms with E-state index in [-0.39, 0.29) is 12.4 Å². The van der Waals surface area contributed by atoms with Crippen LogP contribution in [0.4, 0.5) is 0 Å². The van der Waals surface area contributed by atoms with Gasteiger partial charge in [-0.25, -0.2) is 0 Å². The summed E-state index contributed by atoms with van der Waals surface area (Å²) in [5.74, 6) is 0.860. The first-order valence-electron chi connectivity index (χ1n) is 7.60. The fourth-order valence-electron chi connectivity index (χ4n) is 2.43. The Morgan fingerprint density at radius 1 is 0.875 bits per heavy atom. The van der Waals surface area contributed by atoms with Crippen LogP contribution in [0.5, 0.6) is 5.75 Å². The number of methoxy groups -OCH3 is 1. The van der Waals surface area contributed by atoms with E-state index in [1.807, 2.05) is 31.3 Å². The lowest BCUT2D eigenvalue weighted by Crippen LogP contribution is -1.90. The lowest BCUT2D eigenvalue weighted by Gasteiger charge is -2.04. The zero-order valence-corrected chi connectivity index (χ0v) is 14.6. The summed E-state index contributed by atoms with van der Waals surface area (Å²) in [7, 11) is 1.68. The third kappa shape index (κ3) is 4.24. The Kier molecular flexibility index (Phi) is 6.16. The molecule has 0 atom stereocenters. The summed E-state index contributed by atoms with van der Waals surface area (Å²) in [6.07, 6.45) is 5.89. The number of hydrogen-bond acceptors (Lipinski definition) is 2. The van der Waals surface area contributed by atoms with Crippen LogP contribution in [0.2, 0.25) is 0 Å². The van der Waals surface area contributed by atoms with Crippen LogP contribution in [-0.4, -0.2) is 12.1 Å². The van der Waals surface area contributed by atoms with E-state index < -0.39 is 0 Å². The summed E-state index contributed by atoms with van der Waals surface area (Å²) >= 11 is 0. The van der Waals surface area contributed by atoms with Gasteiger partial charge in [-0.1, -0.05) is 60.7 Å². The smallest absolute Gasteiger partial charge is 0.125 e. The number of benzene rings is 2. The first-order chi connectivity index (χ1) is 11.3. The third-order valence-electron chi connectivity index (χ3n) is 3.76. The van der Waals surface area contributed by atoms with Crippen molar-refractivity contribution >= 4 is 24.6 Å². The molecule has 0 N–H and O–H groups in total. The topological polar surface area (TPSA) is 22.1 Å². The minimum absolute atomic E-state index is 0. The van der Waals surface area contributed by atoms with E-state index >= 15 is 0 Å². The average Bonchev–Trinajstić information content (AvgIpc) is 2.62. The first kappa shape index (κ1) is 17.8. The Morgan fingerprint density at radius 2 is 1.54 bits per heavy atom. The van der Waals surface area contributed by atoms with Crippen molar-refractivity contribution in [2.45, 2.75) is 6.92 Å². The predicted octanol–water partition coefficient (Wildman–Crippen LogP) is 5.66. The number of aromatic nitrogens is 1. The van der Waals surface area contributed by atoms with Crippen molar-refractivity contribution in [1.29, 1.82) is 0 Å². The summed E-state index contributed by atoms with van der Waals surface area (Å²) in [6.45, 7) is 1.99. The molecule has 2 aromatic carbocycles. The number of ether oxygens (including phenoxy) is 1. The maximum absolute atomic E-state index is 5.33. The minimum Gasteiger partial charge on any atom is -0.496 e. The van der Waals surface area contributed by atoms with Crippen LogP contribution in [0.15, 0.2) is 66.9 Å². The molecule has 3 rings (SSSR count). The van der Waals surface area contributed by atoms with Crippen LogP contribution in [0, 0.1) is 6.92 Å². The molecule has 0 aliphatic carbocycles. The van der Waals surface area contributed by atoms with E-state index in [2.05, 4.69) is 59.6 Å². The number of nitrogens with zero attached hydrogens (tertiary/aromatic N) is 1. The summed E-state index contributed by atoms with van der Waals surface area (Å²) in [6, 6.07) is 20.8. The number of pyridine rings is 1. The lowest BCUT2D eigenvalue weighted by atomic mass is 10.0. The van der Waals surface area contributed by atoms with Gasteiger partial charge >= 0.3 is 0 Å². The van der Waals surface area contributed by atoms with Crippen LogP contribution in [0.1, 0.15) is 16.8 Å². The SMILES string of the molecule is COc1cc(C=Cc2ccc(-c3ccccc3)cc2)ncc1C.Cl. The lowest BCUT2D eigenvalue weighted by molar-refractivity contribution is 0.411. The molecule has 0 saturated heterocycles. The van der Waals surface area contributed by atoms with E-state index in [4.69, 9.17) is 4.74 Å². The second-order valence-corrected chi connectivity index (χ2v) is 5.40. The second kappa shape index (κ2) is 8.32. The van der Waals surface area contributed by atoms with Gasteiger partial charge in [-0.05, 0) is 29.7 Å². The van der Waals surface area contributed by atoms with Gasteiger partial charge in [-0.15, -0.1) is 12.4 Å². The molecule has 3 heteroatoms. The standard InChI is InChI=1S/C21H19NO.ClH/c1-16-15-22-20(14-21(16)23-2)13-10-17-8-11-19(12-9-17)18-6-4-3-5-7-18;/h3-15H,1-2H3;1H. The van der Waals surface area contributed by atoms with E-state index in [0.29, 0.717) is 0 Å². The molecule has 0 unspecified atom stereocenters. The molecule has 24 heavy (non-hydrogen) atoms. The molecule has 3 aromatic rings. The molecule has 0 fully saturated rings. The molecule has 0 radical (unpaired) electrons. The van der Waals surface area contributed by atoms with Gasteiger partial charge in [0, 0.05) is 17.8 Å². The first-order valence-corrected chi connectivity index (χ1v) is 7.60. The van der Waals surface area contributed by atoms with Crippen molar-refractivity contribution in [3.8, 4) is 16.9 Å². The van der Waals surface area contributed by atoms with Gasteiger partial charge in [0.1, 0.15) is 5.75 Å². The Bertz CT molecular complexity index is 811. The van der Waals surface area contributed by atoms with Crippen molar-refractivity contribution in [3.63, 3.8) is 0 Å². The zero-order valence-electron chi connectivity index (χ0n) is 13.8. The fraction of sp³-hybridized carbons (Fsp3) is 0.0952. The van der Waals surface area contributed by atoms with E-state index in [9.17, 15) is 0 Å². The number of rotatable bonds is 4. The van der Waals surface area contributed by atoms with Crippen LogP contribution >= 0.6 is 12.4 Å². The van der Waals surface area contributed by atoms with Crippen molar-refractivity contribution < 1.29 is 4.74 Å². The van der Waals surface area contributed by atoms with Gasteiger partial charge in [0.05, 0.1) is 12.8 Å². The van der Waals surface area contributed by atoms with Crippen molar-refractivity contribution in [1.82, 2.24) is 4.98 Å². The molecule has 0 bridgehead atoms. The highest BCUT2D eigenvalue weighted by Crippen LogP contribution is 2.21. The zero-order chi connectivity index (χ0) is 16.1. The summed E-state index contributed by atoms with van der Waals surface area (Å²) in [5.41, 5.74) is 5.52. The Balaban J connectivity index is 0.00000208. The van der Waals surface area contributed by atoms with E-state index in [1.165, 1.54) is 11.1 Å². The molecular weight excluding hydrogens is 318 g/mol. The van der Waals surface area contributed by atoms with Gasteiger partial charge in [-0.3, -0.25) is 4.98 Å². The number of halogens is 1. The second-order valence-electron chi connectivity index (χ2n) is 5.40. The molecule has 2 nitrogen and oxygen atoms in total. The van der Waals surface area contributed by atoms with E-state index in [1.54, 1.807) is 7.11 Å². The Hall–Kier alpha value is -2.58. The minimum atomic E-state index is 0. The Labute approximate surface area is 149 Å². The van der Waals surface area contributed by atoms with Gasteiger partial charge < -0.3 is 4.74 Å². The fourth-order valence-corrected chi connectivity index (χ4v) is 2.43. The molecule has 0 aliphatic heterocycles. The highest BCUT2D eigenvalue weighted by atomic mass is 35.5. The molecular formula is C21H20ClNO. The normalized spacial score (nSPS) is 10.4. The summed E-state index contributed by atoms with van der Waals surface area (Å²) in [4.78, 5) is 4.40. The largest absolute Gasteiger partial charge is 0.496 e. The molecule has 0 spiro atoms. The molecule has 0 saturated carbocycles. The quantitative estimate of drug-likeness (QED) is 0.613. The maximum atomic E-state index is 5.33. The van der Waals surface area contributed by atoms with Crippen LogP contribution in [0.3, 0.4) is 0 Å². The van der Waals surface area contributed by atoms with Crippen LogP contribution in [0.25, 0.3) is 23.3 Å². The van der Waals surface area contributed by atoms with Gasteiger partial charge in [0.25, 0.3) is 0 Å². The van der Waals surface area contributed by atoms with Crippen molar-refractivity contribution in [2.75, 3.05) is 7.11 Å². The maximum Gasteiger partial charge on any atom is 0.125 e. The predicted molar refractivity (Wildman–Crippen MR) is 104 cm³/mol. The molecule has 0 amide bonds. The number of hydrogen-bond donors (Lipinski definition) is 0. The van der Waals surface area contributed by atoms with Crippen LogP contribution in [-0.2, 0) is 0 Å². The van der Waals surface area contributed by atoms with Crippen molar-refractivity contribution in [2.24, 2.45) is 0 Å². The van der Waals surface area contributed by atoms with Gasteiger partial charge in [-0.2, -0.15) is 0 Å². The average molecular weight is 338 g/mol. The molecule has 1 heterocycles. The number of aryl methyl sites for hydroxylation is 1. The molecule has 122 valence electrons. The highest BCUT2D eigenvalue weighted by molar-refractivity contribution is 5.85. The third-order valence-corrected chi connectivity index (χ3v) is 3.76. The Morgan fingerprint density at radius 3 is 2.21 bits per heavy atom. The monoisotopic (exact) mass is 337 g/mol. The van der Waals surface area contributed by atoms with E-state index in [0.717, 1.165) is 22.6 Å². The molecule has 1 aromatic heterocycles. The highest BCUT2D eigenvalue weighted by Gasteiger charge is 1.99. The van der Waals surface area contributed by atoms with Crippen LogP contribution < -0.4 is 4.74 Å². The summed E-state index contributed by atoms with van der Waals surface area (Å²) in [5, 5.41) is 0. The summed E-state index contributed by atoms with van der Waals surface area (Å²) < 4.78 is 5.33.